The molecule has 1 aliphatic heterocycles. The Bertz CT molecular complexity index is 819. The highest BCUT2D eigenvalue weighted by Gasteiger charge is 2.28. The highest BCUT2D eigenvalue weighted by molar-refractivity contribution is 6.35. The van der Waals surface area contributed by atoms with Crippen LogP contribution in [0.1, 0.15) is 17.2 Å². The number of hydrogen-bond donors (Lipinski definition) is 1. The molecule has 0 bridgehead atoms. The van der Waals surface area contributed by atoms with Gasteiger partial charge >= 0.3 is 0 Å². The Labute approximate surface area is 139 Å². The fourth-order valence-electron chi connectivity index (χ4n) is 3.39. The lowest BCUT2D eigenvalue weighted by Gasteiger charge is -2.34. The van der Waals surface area contributed by atoms with Crippen LogP contribution in [0, 0.1) is 0 Å². The number of nitrogens with one attached hydrogen (secondary N) is 1. The lowest BCUT2D eigenvalue weighted by atomic mass is 9.98. The SMILES string of the molecule is Cn1cc(C(c2c[nH]c3cccc(Cl)c23)N2CCOCC2)cn1. The van der Waals surface area contributed by atoms with E-state index in [1.54, 1.807) is 0 Å². The Morgan fingerprint density at radius 3 is 2.87 bits per heavy atom. The van der Waals surface area contributed by atoms with Gasteiger partial charge in [0.25, 0.3) is 0 Å². The summed E-state index contributed by atoms with van der Waals surface area (Å²) < 4.78 is 7.37. The minimum Gasteiger partial charge on any atom is -0.379 e. The first-order chi connectivity index (χ1) is 11.2. The normalized spacial score (nSPS) is 17.7. The summed E-state index contributed by atoms with van der Waals surface area (Å²) >= 11 is 6.50. The van der Waals surface area contributed by atoms with Gasteiger partial charge in [0.05, 0.1) is 30.5 Å². The Balaban J connectivity index is 1.86. The van der Waals surface area contributed by atoms with Crippen LogP contribution in [-0.2, 0) is 11.8 Å². The molecule has 1 fully saturated rings. The third-order valence-corrected chi connectivity index (χ3v) is 4.75. The molecule has 0 amide bonds. The number of aromatic nitrogens is 3. The standard InChI is InChI=1S/C17H19ClN4O/c1-21-11-12(9-20-21)17(22-5-7-23-8-6-22)13-10-19-15-4-2-3-14(18)16(13)15/h2-4,9-11,17,19H,5-8H2,1H3. The van der Waals surface area contributed by atoms with Crippen molar-refractivity contribution in [3.8, 4) is 0 Å². The maximum Gasteiger partial charge on any atom is 0.0656 e. The van der Waals surface area contributed by atoms with Crippen molar-refractivity contribution in [1.29, 1.82) is 0 Å². The second-order valence-electron chi connectivity index (χ2n) is 5.90. The number of aryl methyl sites for hydroxylation is 1. The number of rotatable bonds is 3. The molecular weight excluding hydrogens is 312 g/mol. The maximum atomic E-state index is 6.50. The van der Waals surface area contributed by atoms with Crippen molar-refractivity contribution < 1.29 is 4.74 Å². The number of morpholine rings is 1. The van der Waals surface area contributed by atoms with Crippen molar-refractivity contribution in [2.24, 2.45) is 7.05 Å². The smallest absolute Gasteiger partial charge is 0.0656 e. The second-order valence-corrected chi connectivity index (χ2v) is 6.31. The molecule has 2 aromatic heterocycles. The molecule has 0 saturated carbocycles. The average molecular weight is 331 g/mol. The van der Waals surface area contributed by atoms with Gasteiger partial charge in [0.15, 0.2) is 0 Å². The summed E-state index contributed by atoms with van der Waals surface area (Å²) in [5, 5.41) is 6.23. The van der Waals surface area contributed by atoms with E-state index in [-0.39, 0.29) is 6.04 Å². The predicted molar refractivity (Wildman–Crippen MR) is 90.8 cm³/mol. The summed E-state index contributed by atoms with van der Waals surface area (Å²) in [6.45, 7) is 3.31. The third-order valence-electron chi connectivity index (χ3n) is 4.43. The fourth-order valence-corrected chi connectivity index (χ4v) is 3.67. The Morgan fingerprint density at radius 1 is 1.30 bits per heavy atom. The predicted octanol–water partition coefficient (Wildman–Crippen LogP) is 2.98. The van der Waals surface area contributed by atoms with Crippen molar-refractivity contribution in [2.45, 2.75) is 6.04 Å². The lowest BCUT2D eigenvalue weighted by Crippen LogP contribution is -2.39. The quantitative estimate of drug-likeness (QED) is 0.803. The number of ether oxygens (including phenoxy) is 1. The summed E-state index contributed by atoms with van der Waals surface area (Å²) in [5.41, 5.74) is 3.44. The Morgan fingerprint density at radius 2 is 2.13 bits per heavy atom. The molecule has 0 radical (unpaired) electrons. The van der Waals surface area contributed by atoms with Crippen molar-refractivity contribution in [1.82, 2.24) is 19.7 Å². The summed E-state index contributed by atoms with van der Waals surface area (Å²) in [6, 6.07) is 6.10. The molecule has 1 saturated heterocycles. The molecule has 6 heteroatoms. The van der Waals surface area contributed by atoms with Crippen molar-refractivity contribution in [3.63, 3.8) is 0 Å². The van der Waals surface area contributed by atoms with Gasteiger partial charge in [0, 0.05) is 54.6 Å². The van der Waals surface area contributed by atoms with Crippen molar-refractivity contribution >= 4 is 22.5 Å². The fraction of sp³-hybridized carbons (Fsp3) is 0.353. The van der Waals surface area contributed by atoms with Crippen LogP contribution in [0.25, 0.3) is 10.9 Å². The van der Waals surface area contributed by atoms with E-state index in [4.69, 9.17) is 16.3 Å². The zero-order valence-corrected chi connectivity index (χ0v) is 13.8. The van der Waals surface area contributed by atoms with Gasteiger partial charge in [0.2, 0.25) is 0 Å². The van der Waals surface area contributed by atoms with Gasteiger partial charge in [-0.25, -0.2) is 0 Å². The second kappa shape index (κ2) is 6.00. The van der Waals surface area contributed by atoms with Crippen LogP contribution in [0.3, 0.4) is 0 Å². The van der Waals surface area contributed by atoms with Gasteiger partial charge in [-0.2, -0.15) is 5.10 Å². The minimum absolute atomic E-state index is 0.126. The molecule has 23 heavy (non-hydrogen) atoms. The van der Waals surface area contributed by atoms with Crippen LogP contribution in [0.2, 0.25) is 5.02 Å². The highest BCUT2D eigenvalue weighted by Crippen LogP contribution is 2.37. The maximum absolute atomic E-state index is 6.50. The van der Waals surface area contributed by atoms with E-state index >= 15 is 0 Å². The molecule has 1 aromatic carbocycles. The average Bonchev–Trinajstić information content (AvgIpc) is 3.17. The molecule has 1 N–H and O–H groups in total. The van der Waals surface area contributed by atoms with Gasteiger partial charge in [-0.1, -0.05) is 17.7 Å². The van der Waals surface area contributed by atoms with Crippen LogP contribution in [0.5, 0.6) is 0 Å². The number of H-pyrrole nitrogens is 1. The van der Waals surface area contributed by atoms with Gasteiger partial charge in [-0.3, -0.25) is 9.58 Å². The number of benzene rings is 1. The topological polar surface area (TPSA) is 46.1 Å². The zero-order chi connectivity index (χ0) is 15.8. The van der Waals surface area contributed by atoms with E-state index in [0.717, 1.165) is 42.2 Å². The van der Waals surface area contributed by atoms with E-state index in [1.165, 1.54) is 11.1 Å². The zero-order valence-electron chi connectivity index (χ0n) is 13.0. The molecule has 3 aromatic rings. The Kier molecular flexibility index (Phi) is 3.85. The molecule has 1 aliphatic rings. The molecule has 4 rings (SSSR count). The first-order valence-electron chi connectivity index (χ1n) is 7.80. The number of halogens is 1. The number of hydrogen-bond acceptors (Lipinski definition) is 3. The highest BCUT2D eigenvalue weighted by atomic mass is 35.5. The van der Waals surface area contributed by atoms with Gasteiger partial charge in [-0.05, 0) is 12.1 Å². The molecule has 1 unspecified atom stereocenters. The molecular formula is C17H19ClN4O. The molecule has 0 spiro atoms. The summed E-state index contributed by atoms with van der Waals surface area (Å²) in [4.78, 5) is 5.79. The molecule has 5 nitrogen and oxygen atoms in total. The van der Waals surface area contributed by atoms with Crippen LogP contribution in [0.15, 0.2) is 36.8 Å². The summed E-state index contributed by atoms with van der Waals surface area (Å²) in [6.07, 6.45) is 6.09. The van der Waals surface area contributed by atoms with E-state index < -0.39 is 0 Å². The van der Waals surface area contributed by atoms with Crippen molar-refractivity contribution in [2.75, 3.05) is 26.3 Å². The Hall–Kier alpha value is -1.82. The number of fused-ring (bicyclic) bond motifs is 1. The molecule has 3 heterocycles. The van der Waals surface area contributed by atoms with Crippen molar-refractivity contribution in [3.05, 3.63) is 52.9 Å². The number of aromatic amines is 1. The van der Waals surface area contributed by atoms with Gasteiger partial charge in [-0.15, -0.1) is 0 Å². The monoisotopic (exact) mass is 330 g/mol. The number of nitrogens with zero attached hydrogens (tertiary/aromatic N) is 3. The van der Waals surface area contributed by atoms with E-state index in [0.29, 0.717) is 0 Å². The lowest BCUT2D eigenvalue weighted by molar-refractivity contribution is 0.0242. The molecule has 0 aliphatic carbocycles. The molecule has 120 valence electrons. The minimum atomic E-state index is 0.126. The van der Waals surface area contributed by atoms with Crippen LogP contribution in [-0.4, -0.2) is 46.0 Å². The van der Waals surface area contributed by atoms with Gasteiger partial charge in [0.1, 0.15) is 0 Å². The van der Waals surface area contributed by atoms with Crippen LogP contribution in [0.4, 0.5) is 0 Å². The first kappa shape index (κ1) is 14.8. The summed E-state index contributed by atoms with van der Waals surface area (Å²) in [7, 11) is 1.95. The van der Waals surface area contributed by atoms with Crippen LogP contribution < -0.4 is 0 Å². The third kappa shape index (κ3) is 2.65. The first-order valence-corrected chi connectivity index (χ1v) is 8.17. The van der Waals surface area contributed by atoms with Crippen LogP contribution >= 0.6 is 11.6 Å². The van der Waals surface area contributed by atoms with E-state index in [2.05, 4.69) is 33.4 Å². The largest absolute Gasteiger partial charge is 0.379 e. The van der Waals surface area contributed by atoms with E-state index in [9.17, 15) is 0 Å². The summed E-state index contributed by atoms with van der Waals surface area (Å²) in [5.74, 6) is 0. The van der Waals surface area contributed by atoms with E-state index in [1.807, 2.05) is 30.1 Å². The van der Waals surface area contributed by atoms with Gasteiger partial charge < -0.3 is 9.72 Å². The molecule has 1 atom stereocenters.